The molecule has 0 saturated heterocycles. The monoisotopic (exact) mass is 271 g/mol. The van der Waals surface area contributed by atoms with E-state index in [2.05, 4.69) is 11.4 Å². The molecule has 3 heteroatoms. The number of hydrogen-bond acceptors (Lipinski definition) is 2. The van der Waals surface area contributed by atoms with Gasteiger partial charge in [-0.1, -0.05) is 12.1 Å². The lowest BCUT2D eigenvalue weighted by Crippen LogP contribution is -2.08. The molecule has 0 fully saturated rings. The van der Waals surface area contributed by atoms with Crippen LogP contribution in [0.15, 0.2) is 36.4 Å². The van der Waals surface area contributed by atoms with Crippen molar-refractivity contribution in [1.82, 2.24) is 0 Å². The van der Waals surface area contributed by atoms with Crippen molar-refractivity contribution in [2.75, 3.05) is 12.4 Å². The largest absolute Gasteiger partial charge is 0.495 e. The molecule has 3 rings (SSSR count). The van der Waals surface area contributed by atoms with Crippen LogP contribution in [0.25, 0.3) is 0 Å². The van der Waals surface area contributed by atoms with Crippen molar-refractivity contribution in [3.05, 3.63) is 58.9 Å². The van der Waals surface area contributed by atoms with E-state index in [4.69, 9.17) is 4.74 Å². The van der Waals surface area contributed by atoms with E-state index < -0.39 is 0 Å². The molecule has 1 aliphatic carbocycles. The third-order valence-electron chi connectivity index (χ3n) is 3.87. The van der Waals surface area contributed by atoms with Crippen molar-refractivity contribution in [3.63, 3.8) is 0 Å². The van der Waals surface area contributed by atoms with Crippen LogP contribution in [-0.2, 0) is 6.42 Å². The highest BCUT2D eigenvalue weighted by Crippen LogP contribution is 2.36. The van der Waals surface area contributed by atoms with Gasteiger partial charge >= 0.3 is 0 Å². The summed E-state index contributed by atoms with van der Waals surface area (Å²) in [6.07, 6.45) is 1.90. The lowest BCUT2D eigenvalue weighted by molar-refractivity contribution is 0.415. The Hall–Kier alpha value is -2.03. The summed E-state index contributed by atoms with van der Waals surface area (Å²) in [5.41, 5.74) is 4.45. The first-order valence-corrected chi connectivity index (χ1v) is 6.87. The lowest BCUT2D eigenvalue weighted by Gasteiger charge is -2.18. The van der Waals surface area contributed by atoms with Crippen LogP contribution >= 0.6 is 0 Å². The Labute approximate surface area is 118 Å². The predicted octanol–water partition coefficient (Wildman–Crippen LogP) is 4.24. The van der Waals surface area contributed by atoms with E-state index in [-0.39, 0.29) is 11.9 Å². The average molecular weight is 271 g/mol. The molecule has 1 N–H and O–H groups in total. The summed E-state index contributed by atoms with van der Waals surface area (Å²) in [4.78, 5) is 0. The van der Waals surface area contributed by atoms with Crippen molar-refractivity contribution in [1.29, 1.82) is 0 Å². The summed E-state index contributed by atoms with van der Waals surface area (Å²) in [5.74, 6) is 0.692. The number of fused-ring (bicyclic) bond motifs is 1. The molecular weight excluding hydrogens is 253 g/mol. The number of hydrogen-bond donors (Lipinski definition) is 1. The number of ether oxygens (including phenoxy) is 1. The highest BCUT2D eigenvalue weighted by molar-refractivity contribution is 5.59. The average Bonchev–Trinajstić information content (AvgIpc) is 2.83. The van der Waals surface area contributed by atoms with Crippen molar-refractivity contribution in [3.8, 4) is 5.75 Å². The van der Waals surface area contributed by atoms with Crippen LogP contribution in [0.1, 0.15) is 29.2 Å². The molecule has 0 bridgehead atoms. The van der Waals surface area contributed by atoms with Crippen molar-refractivity contribution < 1.29 is 9.13 Å². The summed E-state index contributed by atoms with van der Waals surface area (Å²) in [5, 5.41) is 3.52. The molecule has 0 amide bonds. The van der Waals surface area contributed by atoms with Gasteiger partial charge < -0.3 is 10.1 Å². The first-order chi connectivity index (χ1) is 9.67. The summed E-state index contributed by atoms with van der Waals surface area (Å²) in [7, 11) is 1.68. The van der Waals surface area contributed by atoms with Crippen LogP contribution in [-0.4, -0.2) is 7.11 Å². The zero-order valence-corrected chi connectivity index (χ0v) is 11.7. The van der Waals surface area contributed by atoms with Gasteiger partial charge in [-0.3, -0.25) is 0 Å². The van der Waals surface area contributed by atoms with Gasteiger partial charge in [0.2, 0.25) is 0 Å². The van der Waals surface area contributed by atoms with Gasteiger partial charge in [-0.05, 0) is 60.7 Å². The maximum atomic E-state index is 13.2. The van der Waals surface area contributed by atoms with Crippen molar-refractivity contribution >= 4 is 5.69 Å². The number of benzene rings is 2. The third-order valence-corrected chi connectivity index (χ3v) is 3.87. The molecule has 2 aromatic carbocycles. The van der Waals surface area contributed by atoms with E-state index in [1.807, 2.05) is 25.1 Å². The standard InChI is InChI=1S/C17H18FNO/c1-11-3-7-16(17(9-11)20-2)19-15-8-4-12-10-13(18)5-6-14(12)15/h3,5-7,9-10,15,19H,4,8H2,1-2H3. The van der Waals surface area contributed by atoms with E-state index in [1.54, 1.807) is 13.2 Å². The van der Waals surface area contributed by atoms with Gasteiger partial charge in [0.15, 0.2) is 0 Å². The summed E-state index contributed by atoms with van der Waals surface area (Å²) in [6.45, 7) is 2.04. The van der Waals surface area contributed by atoms with Crippen LogP contribution in [0.2, 0.25) is 0 Å². The van der Waals surface area contributed by atoms with Crippen molar-refractivity contribution in [2.24, 2.45) is 0 Å². The normalized spacial score (nSPS) is 16.9. The van der Waals surface area contributed by atoms with Crippen LogP contribution in [0.4, 0.5) is 10.1 Å². The lowest BCUT2D eigenvalue weighted by atomic mass is 10.1. The number of nitrogens with one attached hydrogen (secondary N) is 1. The highest BCUT2D eigenvalue weighted by Gasteiger charge is 2.23. The Morgan fingerprint density at radius 3 is 2.85 bits per heavy atom. The van der Waals surface area contributed by atoms with E-state index in [1.165, 1.54) is 17.2 Å². The van der Waals surface area contributed by atoms with Crippen molar-refractivity contribution in [2.45, 2.75) is 25.8 Å². The van der Waals surface area contributed by atoms with E-state index >= 15 is 0 Å². The van der Waals surface area contributed by atoms with E-state index in [0.29, 0.717) is 0 Å². The minimum Gasteiger partial charge on any atom is -0.495 e. The Morgan fingerprint density at radius 1 is 1.20 bits per heavy atom. The Balaban J connectivity index is 1.87. The van der Waals surface area contributed by atoms with Crippen LogP contribution in [0, 0.1) is 12.7 Å². The SMILES string of the molecule is COc1cc(C)ccc1NC1CCc2cc(F)ccc21. The van der Waals surface area contributed by atoms with Gasteiger partial charge in [-0.2, -0.15) is 0 Å². The summed E-state index contributed by atoms with van der Waals surface area (Å²) < 4.78 is 18.7. The van der Waals surface area contributed by atoms with Gasteiger partial charge in [0.1, 0.15) is 11.6 Å². The number of aryl methyl sites for hydroxylation is 2. The second-order valence-corrected chi connectivity index (χ2v) is 5.28. The molecule has 2 aromatic rings. The molecule has 0 saturated carbocycles. The topological polar surface area (TPSA) is 21.3 Å². The van der Waals surface area contributed by atoms with Gasteiger partial charge in [-0.15, -0.1) is 0 Å². The molecule has 2 nitrogen and oxygen atoms in total. The first-order valence-electron chi connectivity index (χ1n) is 6.87. The molecule has 0 radical (unpaired) electrons. The number of anilines is 1. The zero-order chi connectivity index (χ0) is 14.1. The molecule has 104 valence electrons. The van der Waals surface area contributed by atoms with Crippen LogP contribution < -0.4 is 10.1 Å². The molecule has 0 aromatic heterocycles. The summed E-state index contributed by atoms with van der Waals surface area (Å²) >= 11 is 0. The quantitative estimate of drug-likeness (QED) is 0.901. The smallest absolute Gasteiger partial charge is 0.142 e. The summed E-state index contributed by atoms with van der Waals surface area (Å²) in [6, 6.07) is 11.4. The highest BCUT2D eigenvalue weighted by atomic mass is 19.1. The fourth-order valence-corrected chi connectivity index (χ4v) is 2.84. The molecule has 0 heterocycles. The zero-order valence-electron chi connectivity index (χ0n) is 11.7. The molecule has 20 heavy (non-hydrogen) atoms. The van der Waals surface area contributed by atoms with Gasteiger partial charge in [-0.25, -0.2) is 4.39 Å². The Morgan fingerprint density at radius 2 is 2.05 bits per heavy atom. The molecular formula is C17H18FNO. The third kappa shape index (κ3) is 2.36. The van der Waals surface area contributed by atoms with Gasteiger partial charge in [0.25, 0.3) is 0 Å². The fraction of sp³-hybridized carbons (Fsp3) is 0.294. The fourth-order valence-electron chi connectivity index (χ4n) is 2.84. The molecule has 0 aliphatic heterocycles. The van der Waals surface area contributed by atoms with E-state index in [9.17, 15) is 4.39 Å². The Bertz CT molecular complexity index is 639. The second kappa shape index (κ2) is 5.16. The predicted molar refractivity (Wildman–Crippen MR) is 78.8 cm³/mol. The number of methoxy groups -OCH3 is 1. The van der Waals surface area contributed by atoms with Gasteiger partial charge in [0.05, 0.1) is 18.8 Å². The molecule has 1 aliphatic rings. The van der Waals surface area contributed by atoms with Gasteiger partial charge in [0, 0.05) is 0 Å². The molecule has 1 atom stereocenters. The minimum absolute atomic E-state index is 0.155. The van der Waals surface area contributed by atoms with Crippen LogP contribution in [0.5, 0.6) is 5.75 Å². The van der Waals surface area contributed by atoms with Crippen LogP contribution in [0.3, 0.4) is 0 Å². The maximum absolute atomic E-state index is 13.2. The number of halogens is 1. The number of rotatable bonds is 3. The minimum atomic E-state index is -0.155. The second-order valence-electron chi connectivity index (χ2n) is 5.28. The van der Waals surface area contributed by atoms with E-state index in [0.717, 1.165) is 29.8 Å². The first kappa shape index (κ1) is 13.0. The Kier molecular flexibility index (Phi) is 3.35. The maximum Gasteiger partial charge on any atom is 0.142 e. The molecule has 0 spiro atoms. The molecule has 1 unspecified atom stereocenters.